The van der Waals surface area contributed by atoms with Crippen LogP contribution in [0.15, 0.2) is 49.2 Å². The van der Waals surface area contributed by atoms with Crippen LogP contribution in [-0.4, -0.2) is 64.3 Å². The predicted octanol–water partition coefficient (Wildman–Crippen LogP) is 2.87. The number of carboxylic acids is 1. The van der Waals surface area contributed by atoms with Gasteiger partial charge in [-0.1, -0.05) is 26.5 Å². The number of ether oxygens (including phenoxy) is 1. The van der Waals surface area contributed by atoms with Gasteiger partial charge < -0.3 is 41.4 Å². The van der Waals surface area contributed by atoms with Gasteiger partial charge in [0.1, 0.15) is 24.4 Å². The molecule has 1 aromatic heterocycles. The number of anilines is 3. The van der Waals surface area contributed by atoms with Gasteiger partial charge in [-0.3, -0.25) is 14.4 Å². The summed E-state index contributed by atoms with van der Waals surface area (Å²) >= 11 is 0. The van der Waals surface area contributed by atoms with Crippen molar-refractivity contribution in [3.8, 4) is 0 Å². The maximum Gasteiger partial charge on any atom is 0.490 e. The van der Waals surface area contributed by atoms with Gasteiger partial charge in [0, 0.05) is 24.6 Å². The summed E-state index contributed by atoms with van der Waals surface area (Å²) in [5.74, 6) is -4.29. The van der Waals surface area contributed by atoms with Crippen LogP contribution in [0.2, 0.25) is 0 Å². The highest BCUT2D eigenvalue weighted by molar-refractivity contribution is 6.04. The number of nitrogens with one attached hydrogen (secondary N) is 4. The van der Waals surface area contributed by atoms with E-state index in [4.69, 9.17) is 20.4 Å². The summed E-state index contributed by atoms with van der Waals surface area (Å²) in [6, 6.07) is 6.32. The molecular weight excluding hydrogens is 565 g/mol. The third kappa shape index (κ3) is 11.6. The average Bonchev–Trinajstić information content (AvgIpc) is 3.24. The number of halogens is 3. The van der Waals surface area contributed by atoms with Gasteiger partial charge in [0.2, 0.25) is 11.8 Å². The Bertz CT molecular complexity index is 1280. The topological polar surface area (TPSA) is 194 Å². The molecule has 0 spiro atoms. The molecule has 7 N–H and O–H groups in total. The van der Waals surface area contributed by atoms with Gasteiger partial charge in [0.05, 0.1) is 5.69 Å². The standard InChI is InChI=1S/C24H32N6O5.C2HF3O2/c1-6-11-35-24(34)29-20(14(2)3)23(33)26-15(4)21(31)27-17-7-9-18(10-8-17)28-22(32)19-12-16(25)13-30(19)5;3-2(4,5)1(6)7/h6-10,12-15,20H,1,11,25H2,2-5H3,(H,26,33)(H,27,31)(H,28,32)(H,29,34);(H,6,7)/t15-,20-;/m0./s1. The van der Waals surface area contributed by atoms with Gasteiger partial charge in [-0.2, -0.15) is 13.2 Å². The first kappa shape index (κ1) is 35.0. The highest BCUT2D eigenvalue weighted by Gasteiger charge is 2.38. The van der Waals surface area contributed by atoms with Gasteiger partial charge in [0.15, 0.2) is 0 Å². The Morgan fingerprint density at radius 2 is 1.55 bits per heavy atom. The molecule has 0 aliphatic carbocycles. The van der Waals surface area contributed by atoms with Crippen LogP contribution in [-0.2, 0) is 26.2 Å². The molecule has 0 unspecified atom stereocenters. The lowest BCUT2D eigenvalue weighted by Crippen LogP contribution is -2.53. The van der Waals surface area contributed by atoms with Crippen molar-refractivity contribution in [1.29, 1.82) is 0 Å². The lowest BCUT2D eigenvalue weighted by Gasteiger charge is -2.23. The number of rotatable bonds is 10. The molecule has 2 rings (SSSR count). The molecule has 2 atom stereocenters. The van der Waals surface area contributed by atoms with Crippen LogP contribution >= 0.6 is 0 Å². The second kappa shape index (κ2) is 15.7. The molecule has 0 saturated heterocycles. The maximum absolute atomic E-state index is 12.6. The molecule has 16 heteroatoms. The number of carbonyl (C=O) groups is 5. The lowest BCUT2D eigenvalue weighted by atomic mass is 10.0. The lowest BCUT2D eigenvalue weighted by molar-refractivity contribution is -0.192. The fourth-order valence-corrected chi connectivity index (χ4v) is 3.11. The first-order chi connectivity index (χ1) is 19.5. The highest BCUT2D eigenvalue weighted by atomic mass is 19.4. The van der Waals surface area contributed by atoms with Crippen molar-refractivity contribution in [2.24, 2.45) is 13.0 Å². The summed E-state index contributed by atoms with van der Waals surface area (Å²) in [5.41, 5.74) is 7.61. The number of amides is 4. The molecule has 0 radical (unpaired) electrons. The minimum atomic E-state index is -5.08. The Kier molecular flexibility index (Phi) is 13.1. The van der Waals surface area contributed by atoms with Crippen LogP contribution in [0.25, 0.3) is 0 Å². The summed E-state index contributed by atoms with van der Waals surface area (Å²) in [7, 11) is 1.72. The second-order valence-electron chi connectivity index (χ2n) is 9.08. The minimum Gasteiger partial charge on any atom is -0.475 e. The molecular formula is C26H33F3N6O7. The van der Waals surface area contributed by atoms with E-state index < -0.39 is 42.1 Å². The molecule has 2 aromatic rings. The molecule has 0 bridgehead atoms. The summed E-state index contributed by atoms with van der Waals surface area (Å²) in [6.07, 6.45) is -2.78. The van der Waals surface area contributed by atoms with E-state index in [-0.39, 0.29) is 18.4 Å². The number of hydrogen-bond acceptors (Lipinski definition) is 7. The van der Waals surface area contributed by atoms with E-state index in [9.17, 15) is 32.3 Å². The zero-order valence-electron chi connectivity index (χ0n) is 23.2. The van der Waals surface area contributed by atoms with Crippen molar-refractivity contribution in [3.05, 3.63) is 54.9 Å². The first-order valence-electron chi connectivity index (χ1n) is 12.2. The summed E-state index contributed by atoms with van der Waals surface area (Å²) in [5, 5.41) is 17.7. The zero-order chi connectivity index (χ0) is 32.2. The second-order valence-corrected chi connectivity index (χ2v) is 9.08. The molecule has 230 valence electrons. The smallest absolute Gasteiger partial charge is 0.475 e. The van der Waals surface area contributed by atoms with Gasteiger partial charge in [-0.25, -0.2) is 9.59 Å². The van der Waals surface area contributed by atoms with E-state index >= 15 is 0 Å². The number of nitrogens with zero attached hydrogens (tertiary/aromatic N) is 1. The van der Waals surface area contributed by atoms with E-state index in [1.54, 1.807) is 62.0 Å². The summed E-state index contributed by atoms with van der Waals surface area (Å²) in [4.78, 5) is 58.3. The molecule has 1 heterocycles. The van der Waals surface area contributed by atoms with Crippen LogP contribution < -0.4 is 27.0 Å². The number of nitrogen functional groups attached to an aromatic ring is 1. The number of carboxylic acid groups (broad SMARTS) is 1. The first-order valence-corrected chi connectivity index (χ1v) is 12.2. The van der Waals surface area contributed by atoms with Crippen LogP contribution in [0, 0.1) is 5.92 Å². The molecule has 0 aliphatic heterocycles. The van der Waals surface area contributed by atoms with Crippen molar-refractivity contribution in [3.63, 3.8) is 0 Å². The quantitative estimate of drug-likeness (QED) is 0.225. The van der Waals surface area contributed by atoms with E-state index in [0.717, 1.165) is 0 Å². The Hall–Kier alpha value is -5.02. The number of alkyl halides is 3. The van der Waals surface area contributed by atoms with Crippen LogP contribution in [0.1, 0.15) is 31.3 Å². The molecule has 0 aliphatic rings. The van der Waals surface area contributed by atoms with Gasteiger partial charge in [-0.05, 0) is 43.2 Å². The Balaban J connectivity index is 0.00000112. The molecule has 13 nitrogen and oxygen atoms in total. The minimum absolute atomic E-state index is 0.0142. The van der Waals surface area contributed by atoms with E-state index in [1.165, 1.54) is 13.0 Å². The number of hydrogen-bond donors (Lipinski definition) is 6. The highest BCUT2D eigenvalue weighted by Crippen LogP contribution is 2.17. The summed E-state index contributed by atoms with van der Waals surface area (Å²) < 4.78 is 38.2. The monoisotopic (exact) mass is 598 g/mol. The average molecular weight is 599 g/mol. The van der Waals surface area contributed by atoms with Crippen LogP contribution in [0.4, 0.5) is 35.0 Å². The van der Waals surface area contributed by atoms with E-state index in [2.05, 4.69) is 27.8 Å². The van der Waals surface area contributed by atoms with Crippen LogP contribution in [0.5, 0.6) is 0 Å². The number of benzene rings is 1. The number of aryl methyl sites for hydroxylation is 1. The Morgan fingerprint density at radius 1 is 1.02 bits per heavy atom. The predicted molar refractivity (Wildman–Crippen MR) is 147 cm³/mol. The van der Waals surface area contributed by atoms with Gasteiger partial charge in [0.25, 0.3) is 5.91 Å². The number of carbonyl (C=O) groups excluding carboxylic acids is 4. The van der Waals surface area contributed by atoms with Crippen molar-refractivity contribution in [2.75, 3.05) is 23.0 Å². The van der Waals surface area contributed by atoms with Gasteiger partial charge in [-0.15, -0.1) is 0 Å². The molecule has 4 amide bonds. The third-order valence-corrected chi connectivity index (χ3v) is 5.22. The number of aromatic nitrogens is 1. The van der Waals surface area contributed by atoms with E-state index in [0.29, 0.717) is 22.8 Å². The Labute approximate surface area is 239 Å². The largest absolute Gasteiger partial charge is 0.490 e. The fourth-order valence-electron chi connectivity index (χ4n) is 3.11. The van der Waals surface area contributed by atoms with Gasteiger partial charge >= 0.3 is 18.2 Å². The van der Waals surface area contributed by atoms with Crippen molar-refractivity contribution >= 4 is 46.8 Å². The third-order valence-electron chi connectivity index (χ3n) is 5.22. The van der Waals surface area contributed by atoms with Crippen LogP contribution in [0.3, 0.4) is 0 Å². The van der Waals surface area contributed by atoms with Crippen molar-refractivity contribution in [1.82, 2.24) is 15.2 Å². The maximum atomic E-state index is 12.6. The number of alkyl carbamates (subject to hydrolysis) is 1. The number of aliphatic carboxylic acids is 1. The fraction of sp³-hybridized carbons (Fsp3) is 0.346. The molecule has 1 aromatic carbocycles. The number of nitrogens with two attached hydrogens (primary N) is 1. The summed E-state index contributed by atoms with van der Waals surface area (Å²) in [6.45, 7) is 8.52. The Morgan fingerprint density at radius 3 is 1.98 bits per heavy atom. The zero-order valence-corrected chi connectivity index (χ0v) is 23.2. The molecule has 0 saturated carbocycles. The SMILES string of the molecule is C=CCOC(=O)N[C@H](C(=O)N[C@@H](C)C(=O)Nc1ccc(NC(=O)c2cc(N)cn2C)cc1)C(C)C.O=C(O)C(F)(F)F. The van der Waals surface area contributed by atoms with Crippen molar-refractivity contribution < 1.29 is 47.0 Å². The molecule has 42 heavy (non-hydrogen) atoms. The molecule has 0 fully saturated rings. The van der Waals surface area contributed by atoms with E-state index in [1.807, 2.05) is 0 Å². The van der Waals surface area contributed by atoms with Crippen molar-refractivity contribution in [2.45, 2.75) is 39.0 Å². The normalized spacial score (nSPS) is 12.1.